The zero-order valence-electron chi connectivity index (χ0n) is 12.7. The minimum atomic E-state index is -1.26. The summed E-state index contributed by atoms with van der Waals surface area (Å²) in [6, 6.07) is 0. The molecule has 0 aromatic carbocycles. The third kappa shape index (κ3) is 5.32. The molecule has 4 atom stereocenters. The largest absolute Gasteiger partial charge is 0.463 e. The smallest absolute Gasteiger partial charge is 0.305 e. The van der Waals surface area contributed by atoms with Crippen LogP contribution >= 0.6 is 0 Å². The monoisotopic (exact) mass is 318 g/mol. The lowest BCUT2D eigenvalue weighted by atomic mass is 10.1. The van der Waals surface area contributed by atoms with Crippen LogP contribution in [0.4, 0.5) is 0 Å². The number of hydrogen-bond donors (Lipinski definition) is 0. The fourth-order valence-corrected chi connectivity index (χ4v) is 1.93. The van der Waals surface area contributed by atoms with E-state index in [1.807, 2.05) is 0 Å². The molecule has 9 nitrogen and oxygen atoms in total. The van der Waals surface area contributed by atoms with E-state index in [9.17, 15) is 19.2 Å². The minimum Gasteiger partial charge on any atom is -0.463 e. The Bertz CT molecular complexity index is 458. The lowest BCUT2D eigenvalue weighted by Gasteiger charge is -2.22. The van der Waals surface area contributed by atoms with Gasteiger partial charge in [-0.3, -0.25) is 19.2 Å². The number of rotatable bonds is 5. The molecule has 9 heteroatoms. The van der Waals surface area contributed by atoms with Crippen molar-refractivity contribution < 1.29 is 42.9 Å². The second kappa shape index (κ2) is 7.74. The SMILES string of the molecule is CC(=O)OC[C@H]1O[C@@H](OC(C)=O)C(OC(C)=O)[C@H]1OC(C)=O. The van der Waals surface area contributed by atoms with Gasteiger partial charge in [-0.1, -0.05) is 0 Å². The first-order chi connectivity index (χ1) is 10.2. The molecule has 0 aromatic heterocycles. The molecular weight excluding hydrogens is 300 g/mol. The van der Waals surface area contributed by atoms with Gasteiger partial charge in [0, 0.05) is 27.7 Å². The first-order valence-electron chi connectivity index (χ1n) is 6.51. The summed E-state index contributed by atoms with van der Waals surface area (Å²) in [5, 5.41) is 0. The standard InChI is InChI=1S/C13H18O9/c1-6(14)18-5-10-11(19-7(2)15)12(20-8(3)16)13(22-10)21-9(4)17/h10-13H,5H2,1-4H3/t10-,11+,12?,13-/m1/s1. The number of carbonyl (C=O) groups is 4. The van der Waals surface area contributed by atoms with Crippen molar-refractivity contribution >= 4 is 23.9 Å². The van der Waals surface area contributed by atoms with Crippen LogP contribution in [-0.2, 0) is 42.9 Å². The van der Waals surface area contributed by atoms with Gasteiger partial charge in [0.25, 0.3) is 0 Å². The van der Waals surface area contributed by atoms with E-state index >= 15 is 0 Å². The summed E-state index contributed by atoms with van der Waals surface area (Å²) in [6.45, 7) is 4.40. The fourth-order valence-electron chi connectivity index (χ4n) is 1.93. The Hall–Kier alpha value is -2.16. The van der Waals surface area contributed by atoms with Crippen molar-refractivity contribution in [3.8, 4) is 0 Å². The zero-order chi connectivity index (χ0) is 16.9. The lowest BCUT2D eigenvalue weighted by Crippen LogP contribution is -2.42. The van der Waals surface area contributed by atoms with Gasteiger partial charge in [-0.25, -0.2) is 0 Å². The summed E-state index contributed by atoms with van der Waals surface area (Å²) in [6.07, 6.45) is -4.40. The third-order valence-corrected chi connectivity index (χ3v) is 2.60. The van der Waals surface area contributed by atoms with Crippen molar-refractivity contribution in [2.45, 2.75) is 52.3 Å². The van der Waals surface area contributed by atoms with Crippen LogP contribution in [0, 0.1) is 0 Å². The molecule has 1 saturated heterocycles. The van der Waals surface area contributed by atoms with E-state index in [2.05, 4.69) is 0 Å². The predicted octanol–water partition coefficient (Wildman–Crippen LogP) is -0.299. The molecule has 0 saturated carbocycles. The Balaban J connectivity index is 2.94. The Kier molecular flexibility index (Phi) is 6.29. The summed E-state index contributed by atoms with van der Waals surface area (Å²) >= 11 is 0. The van der Waals surface area contributed by atoms with Crippen molar-refractivity contribution in [2.24, 2.45) is 0 Å². The molecule has 1 aliphatic rings. The Morgan fingerprint density at radius 3 is 1.73 bits per heavy atom. The summed E-state index contributed by atoms with van der Waals surface area (Å²) in [7, 11) is 0. The average molecular weight is 318 g/mol. The third-order valence-electron chi connectivity index (χ3n) is 2.60. The van der Waals surface area contributed by atoms with Crippen LogP contribution in [0.5, 0.6) is 0 Å². The zero-order valence-corrected chi connectivity index (χ0v) is 12.7. The van der Waals surface area contributed by atoms with Gasteiger partial charge in [-0.2, -0.15) is 0 Å². The minimum absolute atomic E-state index is 0.247. The number of carbonyl (C=O) groups excluding carboxylic acids is 4. The van der Waals surface area contributed by atoms with Gasteiger partial charge in [-0.05, 0) is 0 Å². The highest BCUT2D eigenvalue weighted by molar-refractivity contribution is 5.68. The molecule has 1 rings (SSSR count). The number of hydrogen-bond acceptors (Lipinski definition) is 9. The molecule has 1 heterocycles. The summed E-state index contributed by atoms with van der Waals surface area (Å²) in [5.74, 6) is -2.56. The van der Waals surface area contributed by atoms with Crippen LogP contribution in [-0.4, -0.2) is 55.1 Å². The fraction of sp³-hybridized carbons (Fsp3) is 0.692. The van der Waals surface area contributed by atoms with E-state index in [0.29, 0.717) is 0 Å². The van der Waals surface area contributed by atoms with E-state index in [1.165, 1.54) is 6.92 Å². The lowest BCUT2D eigenvalue weighted by molar-refractivity contribution is -0.197. The predicted molar refractivity (Wildman–Crippen MR) is 68.2 cm³/mol. The van der Waals surface area contributed by atoms with Crippen LogP contribution in [0.3, 0.4) is 0 Å². The second-order valence-electron chi connectivity index (χ2n) is 4.60. The van der Waals surface area contributed by atoms with Crippen molar-refractivity contribution in [3.63, 3.8) is 0 Å². The van der Waals surface area contributed by atoms with Gasteiger partial charge in [0.15, 0.2) is 6.10 Å². The molecule has 1 unspecified atom stereocenters. The molecule has 0 aromatic rings. The van der Waals surface area contributed by atoms with Gasteiger partial charge >= 0.3 is 23.9 Å². The Morgan fingerprint density at radius 2 is 1.27 bits per heavy atom. The molecule has 22 heavy (non-hydrogen) atoms. The van der Waals surface area contributed by atoms with Gasteiger partial charge in [0.1, 0.15) is 12.7 Å². The van der Waals surface area contributed by atoms with Crippen LogP contribution in [0.1, 0.15) is 27.7 Å². The maximum Gasteiger partial charge on any atom is 0.305 e. The molecule has 0 amide bonds. The molecule has 0 bridgehead atoms. The molecule has 124 valence electrons. The van der Waals surface area contributed by atoms with E-state index in [4.69, 9.17) is 23.7 Å². The summed E-state index contributed by atoms with van der Waals surface area (Å²) < 4.78 is 25.2. The molecular formula is C13H18O9. The van der Waals surface area contributed by atoms with Crippen molar-refractivity contribution in [3.05, 3.63) is 0 Å². The molecule has 0 radical (unpaired) electrons. The summed E-state index contributed by atoms with van der Waals surface area (Å²) in [5.41, 5.74) is 0. The highest BCUT2D eigenvalue weighted by Crippen LogP contribution is 2.28. The quantitative estimate of drug-likeness (QED) is 0.497. The maximum absolute atomic E-state index is 11.2. The van der Waals surface area contributed by atoms with Crippen molar-refractivity contribution in [1.29, 1.82) is 0 Å². The Morgan fingerprint density at radius 1 is 0.773 bits per heavy atom. The van der Waals surface area contributed by atoms with E-state index < -0.39 is 48.5 Å². The van der Waals surface area contributed by atoms with Gasteiger partial charge in [-0.15, -0.1) is 0 Å². The average Bonchev–Trinajstić information content (AvgIpc) is 2.63. The van der Waals surface area contributed by atoms with Gasteiger partial charge in [0.2, 0.25) is 12.4 Å². The van der Waals surface area contributed by atoms with E-state index in [0.717, 1.165) is 20.8 Å². The van der Waals surface area contributed by atoms with Crippen molar-refractivity contribution in [1.82, 2.24) is 0 Å². The molecule has 0 N–H and O–H groups in total. The number of esters is 4. The van der Waals surface area contributed by atoms with Crippen LogP contribution < -0.4 is 0 Å². The van der Waals surface area contributed by atoms with Crippen LogP contribution in [0.15, 0.2) is 0 Å². The van der Waals surface area contributed by atoms with Crippen molar-refractivity contribution in [2.75, 3.05) is 6.61 Å². The molecule has 0 spiro atoms. The van der Waals surface area contributed by atoms with E-state index in [-0.39, 0.29) is 6.61 Å². The summed E-state index contributed by atoms with van der Waals surface area (Å²) in [4.78, 5) is 44.4. The molecule has 1 aliphatic heterocycles. The molecule has 0 aliphatic carbocycles. The maximum atomic E-state index is 11.2. The Labute approximate surface area is 126 Å². The second-order valence-corrected chi connectivity index (χ2v) is 4.60. The van der Waals surface area contributed by atoms with Gasteiger partial charge < -0.3 is 23.7 Å². The first-order valence-corrected chi connectivity index (χ1v) is 6.51. The highest BCUT2D eigenvalue weighted by atomic mass is 16.8. The first kappa shape index (κ1) is 17.9. The van der Waals surface area contributed by atoms with Crippen LogP contribution in [0.2, 0.25) is 0 Å². The van der Waals surface area contributed by atoms with Crippen LogP contribution in [0.25, 0.3) is 0 Å². The topological polar surface area (TPSA) is 114 Å². The molecule has 1 fully saturated rings. The van der Waals surface area contributed by atoms with E-state index in [1.54, 1.807) is 0 Å². The normalized spacial score (nSPS) is 26.9. The highest BCUT2D eigenvalue weighted by Gasteiger charge is 2.51. The van der Waals surface area contributed by atoms with Gasteiger partial charge in [0.05, 0.1) is 0 Å². The number of ether oxygens (including phenoxy) is 5.